The lowest BCUT2D eigenvalue weighted by atomic mass is 9.97. The van der Waals surface area contributed by atoms with Crippen molar-refractivity contribution in [3.8, 4) is 5.75 Å². The fourth-order valence-electron chi connectivity index (χ4n) is 2.01. The smallest absolute Gasteiger partial charge is 0.122 e. The fourth-order valence-corrected chi connectivity index (χ4v) is 2.01. The molecule has 1 atom stereocenters. The largest absolute Gasteiger partial charge is 0.496 e. The van der Waals surface area contributed by atoms with Gasteiger partial charge in [-0.3, -0.25) is 0 Å². The highest BCUT2D eigenvalue weighted by Gasteiger charge is 2.11. The molecule has 0 bridgehead atoms. The van der Waals surface area contributed by atoms with Gasteiger partial charge in [0.2, 0.25) is 0 Å². The van der Waals surface area contributed by atoms with Crippen LogP contribution in [0.1, 0.15) is 25.8 Å². The third kappa shape index (κ3) is 3.86. The molecule has 0 amide bonds. The van der Waals surface area contributed by atoms with Crippen molar-refractivity contribution in [3.05, 3.63) is 29.8 Å². The second-order valence-electron chi connectivity index (χ2n) is 4.63. The average molecular weight is 221 g/mol. The van der Waals surface area contributed by atoms with Gasteiger partial charge in [-0.05, 0) is 37.4 Å². The van der Waals surface area contributed by atoms with Crippen LogP contribution in [0.5, 0.6) is 5.75 Å². The van der Waals surface area contributed by atoms with Gasteiger partial charge in [-0.15, -0.1) is 0 Å². The van der Waals surface area contributed by atoms with Gasteiger partial charge >= 0.3 is 0 Å². The van der Waals surface area contributed by atoms with Crippen LogP contribution in [0.25, 0.3) is 0 Å². The first-order chi connectivity index (χ1) is 7.67. The number of hydrogen-bond acceptors (Lipinski definition) is 2. The van der Waals surface area contributed by atoms with Gasteiger partial charge in [0.05, 0.1) is 7.11 Å². The molecule has 0 spiro atoms. The van der Waals surface area contributed by atoms with E-state index in [0.29, 0.717) is 12.0 Å². The zero-order valence-electron chi connectivity index (χ0n) is 10.8. The molecule has 1 aromatic carbocycles. The van der Waals surface area contributed by atoms with Gasteiger partial charge in [0.1, 0.15) is 5.75 Å². The summed E-state index contributed by atoms with van der Waals surface area (Å²) in [7, 11) is 3.76. The lowest BCUT2D eigenvalue weighted by molar-refractivity contribution is 0.397. The van der Waals surface area contributed by atoms with Gasteiger partial charge in [0.15, 0.2) is 0 Å². The minimum atomic E-state index is 0.524. The third-order valence-electron chi connectivity index (χ3n) is 2.82. The third-order valence-corrected chi connectivity index (χ3v) is 2.82. The number of para-hydroxylation sites is 1. The number of ether oxygens (including phenoxy) is 1. The Morgan fingerprint density at radius 2 is 1.94 bits per heavy atom. The Bertz CT molecular complexity index is 309. The van der Waals surface area contributed by atoms with Gasteiger partial charge in [-0.1, -0.05) is 32.0 Å². The van der Waals surface area contributed by atoms with Crippen LogP contribution in [-0.4, -0.2) is 20.2 Å². The van der Waals surface area contributed by atoms with E-state index in [4.69, 9.17) is 4.74 Å². The SMILES string of the molecule is CNC(Cc1ccccc1OC)CC(C)C. The molecular formula is C14H23NO. The van der Waals surface area contributed by atoms with E-state index in [-0.39, 0.29) is 0 Å². The summed E-state index contributed by atoms with van der Waals surface area (Å²) in [5.41, 5.74) is 1.28. The Morgan fingerprint density at radius 3 is 2.50 bits per heavy atom. The maximum atomic E-state index is 5.37. The molecule has 0 saturated carbocycles. The van der Waals surface area contributed by atoms with Crippen LogP contribution < -0.4 is 10.1 Å². The Hall–Kier alpha value is -1.02. The van der Waals surface area contributed by atoms with Crippen LogP contribution >= 0.6 is 0 Å². The molecule has 0 aromatic heterocycles. The molecule has 0 aliphatic rings. The minimum absolute atomic E-state index is 0.524. The Labute approximate surface area is 99.0 Å². The zero-order chi connectivity index (χ0) is 12.0. The maximum Gasteiger partial charge on any atom is 0.122 e. The molecule has 0 saturated heterocycles. The Balaban J connectivity index is 2.69. The molecule has 0 radical (unpaired) electrons. The van der Waals surface area contributed by atoms with Crippen molar-refractivity contribution in [1.82, 2.24) is 5.32 Å². The summed E-state index contributed by atoms with van der Waals surface area (Å²) in [5, 5.41) is 3.38. The predicted molar refractivity (Wildman–Crippen MR) is 69.0 cm³/mol. The summed E-state index contributed by atoms with van der Waals surface area (Å²) in [5.74, 6) is 1.71. The standard InChI is InChI=1S/C14H23NO/c1-11(2)9-13(15-3)10-12-7-5-6-8-14(12)16-4/h5-8,11,13,15H,9-10H2,1-4H3. The highest BCUT2D eigenvalue weighted by molar-refractivity contribution is 5.33. The Kier molecular flexibility index (Phi) is 5.33. The fraction of sp³-hybridized carbons (Fsp3) is 0.571. The van der Waals surface area contributed by atoms with E-state index in [0.717, 1.165) is 12.2 Å². The maximum absolute atomic E-state index is 5.37. The molecular weight excluding hydrogens is 198 g/mol. The van der Waals surface area contributed by atoms with E-state index in [2.05, 4.69) is 31.3 Å². The topological polar surface area (TPSA) is 21.3 Å². The molecule has 90 valence electrons. The van der Waals surface area contributed by atoms with Crippen LogP contribution in [0.4, 0.5) is 0 Å². The van der Waals surface area contributed by atoms with Crippen molar-refractivity contribution < 1.29 is 4.74 Å². The van der Waals surface area contributed by atoms with Crippen LogP contribution in [0, 0.1) is 5.92 Å². The van der Waals surface area contributed by atoms with E-state index in [9.17, 15) is 0 Å². The molecule has 1 aromatic rings. The van der Waals surface area contributed by atoms with Crippen LogP contribution in [0.2, 0.25) is 0 Å². The summed E-state index contributed by atoms with van der Waals surface area (Å²) in [4.78, 5) is 0. The summed E-state index contributed by atoms with van der Waals surface area (Å²) in [6, 6.07) is 8.77. The van der Waals surface area contributed by atoms with Crippen LogP contribution in [0.3, 0.4) is 0 Å². The number of rotatable bonds is 6. The lowest BCUT2D eigenvalue weighted by Crippen LogP contribution is -2.29. The van der Waals surface area contributed by atoms with E-state index < -0.39 is 0 Å². The monoisotopic (exact) mass is 221 g/mol. The van der Waals surface area contributed by atoms with Gasteiger partial charge < -0.3 is 10.1 Å². The van der Waals surface area contributed by atoms with Crippen molar-refractivity contribution in [2.24, 2.45) is 5.92 Å². The average Bonchev–Trinajstić information content (AvgIpc) is 2.28. The second kappa shape index (κ2) is 6.54. The zero-order valence-corrected chi connectivity index (χ0v) is 10.8. The highest BCUT2D eigenvalue weighted by atomic mass is 16.5. The van der Waals surface area contributed by atoms with Crippen molar-refractivity contribution in [1.29, 1.82) is 0 Å². The van der Waals surface area contributed by atoms with Crippen molar-refractivity contribution in [2.45, 2.75) is 32.7 Å². The molecule has 0 heterocycles. The Morgan fingerprint density at radius 1 is 1.25 bits per heavy atom. The normalized spacial score (nSPS) is 12.8. The summed E-state index contributed by atoms with van der Waals surface area (Å²) in [6.45, 7) is 4.51. The van der Waals surface area contributed by atoms with Gasteiger partial charge in [-0.2, -0.15) is 0 Å². The van der Waals surface area contributed by atoms with Crippen molar-refractivity contribution in [2.75, 3.05) is 14.2 Å². The number of hydrogen-bond donors (Lipinski definition) is 1. The first-order valence-corrected chi connectivity index (χ1v) is 5.96. The lowest BCUT2D eigenvalue weighted by Gasteiger charge is -2.19. The van der Waals surface area contributed by atoms with Gasteiger partial charge in [-0.25, -0.2) is 0 Å². The number of likely N-dealkylation sites (N-methyl/N-ethyl adjacent to an activating group) is 1. The molecule has 2 heteroatoms. The predicted octanol–water partition coefficient (Wildman–Crippen LogP) is 2.87. The van der Waals surface area contributed by atoms with Gasteiger partial charge in [0, 0.05) is 6.04 Å². The molecule has 2 nitrogen and oxygen atoms in total. The van der Waals surface area contributed by atoms with Crippen LogP contribution in [0.15, 0.2) is 24.3 Å². The first-order valence-electron chi connectivity index (χ1n) is 5.96. The summed E-state index contributed by atoms with van der Waals surface area (Å²) >= 11 is 0. The number of benzene rings is 1. The van der Waals surface area contributed by atoms with Crippen molar-refractivity contribution in [3.63, 3.8) is 0 Å². The van der Waals surface area contributed by atoms with Crippen LogP contribution in [-0.2, 0) is 6.42 Å². The molecule has 0 aliphatic carbocycles. The molecule has 1 rings (SSSR count). The second-order valence-corrected chi connectivity index (χ2v) is 4.63. The van der Waals surface area contributed by atoms with E-state index in [1.54, 1.807) is 7.11 Å². The molecule has 1 N–H and O–H groups in total. The number of methoxy groups -OCH3 is 1. The molecule has 0 aliphatic heterocycles. The van der Waals surface area contributed by atoms with E-state index in [1.807, 2.05) is 19.2 Å². The first kappa shape index (κ1) is 13.0. The molecule has 0 fully saturated rings. The quantitative estimate of drug-likeness (QED) is 0.797. The van der Waals surface area contributed by atoms with E-state index in [1.165, 1.54) is 12.0 Å². The minimum Gasteiger partial charge on any atom is -0.496 e. The summed E-state index contributed by atoms with van der Waals surface area (Å²) < 4.78 is 5.37. The number of nitrogens with one attached hydrogen (secondary N) is 1. The molecule has 16 heavy (non-hydrogen) atoms. The van der Waals surface area contributed by atoms with E-state index >= 15 is 0 Å². The summed E-state index contributed by atoms with van der Waals surface area (Å²) in [6.07, 6.45) is 2.22. The van der Waals surface area contributed by atoms with Crippen molar-refractivity contribution >= 4 is 0 Å². The highest BCUT2D eigenvalue weighted by Crippen LogP contribution is 2.20. The molecule has 1 unspecified atom stereocenters. The van der Waals surface area contributed by atoms with Gasteiger partial charge in [0.25, 0.3) is 0 Å².